The van der Waals surface area contributed by atoms with Crippen molar-refractivity contribution in [1.82, 2.24) is 9.78 Å². The molecule has 0 unspecified atom stereocenters. The maximum Gasteiger partial charge on any atom is 0.437 e. The van der Waals surface area contributed by atoms with Gasteiger partial charge in [0, 0.05) is 17.6 Å². The fourth-order valence-electron chi connectivity index (χ4n) is 2.81. The molecule has 4 nitrogen and oxygen atoms in total. The quantitative estimate of drug-likeness (QED) is 0.336. The van der Waals surface area contributed by atoms with Crippen molar-refractivity contribution in [2.24, 2.45) is 7.05 Å². The van der Waals surface area contributed by atoms with E-state index in [1.54, 1.807) is 24.3 Å². The van der Waals surface area contributed by atoms with E-state index in [2.05, 4.69) is 5.10 Å². The van der Waals surface area contributed by atoms with E-state index in [4.69, 9.17) is 0 Å². The minimum absolute atomic E-state index is 0.0426. The topological polar surface area (TPSA) is 38.1 Å². The number of anilines is 2. The lowest BCUT2D eigenvalue weighted by atomic mass is 10.1. The van der Waals surface area contributed by atoms with Gasteiger partial charge in [0.1, 0.15) is 10.7 Å². The highest BCUT2D eigenvalue weighted by atomic mass is 32.2. The summed E-state index contributed by atoms with van der Waals surface area (Å²) in [5, 5.41) is 3.45. The molecule has 0 radical (unpaired) electrons. The third kappa shape index (κ3) is 4.87. The summed E-state index contributed by atoms with van der Waals surface area (Å²) >= 11 is 0.912. The second-order valence-corrected chi connectivity index (χ2v) is 7.62. The van der Waals surface area contributed by atoms with E-state index in [0.29, 0.717) is 15.9 Å². The Bertz CT molecular complexity index is 1090. The molecule has 0 aliphatic rings. The summed E-state index contributed by atoms with van der Waals surface area (Å²) in [6.45, 7) is 1.84. The standard InChI is InChI=1S/C20H15F6N3OS/c1-12-6-8-15(9-7-12)31-18-16(17(20(24,25)26)27-28(18)2)29(11-30)14-5-3-4-13(10-14)19(21,22)23/h3-11H,1-2H3. The van der Waals surface area contributed by atoms with Crippen LogP contribution in [0.15, 0.2) is 58.5 Å². The summed E-state index contributed by atoms with van der Waals surface area (Å²) in [7, 11) is 1.27. The zero-order chi connectivity index (χ0) is 23.0. The summed E-state index contributed by atoms with van der Waals surface area (Å²) in [5.74, 6) is 0. The highest BCUT2D eigenvalue weighted by Gasteiger charge is 2.42. The first-order chi connectivity index (χ1) is 14.4. The summed E-state index contributed by atoms with van der Waals surface area (Å²) in [6, 6.07) is 10.4. The number of rotatable bonds is 5. The summed E-state index contributed by atoms with van der Waals surface area (Å²) in [4.78, 5) is 12.9. The van der Waals surface area contributed by atoms with Gasteiger partial charge in [-0.25, -0.2) is 0 Å². The number of aryl methyl sites for hydroxylation is 2. The van der Waals surface area contributed by atoms with E-state index in [1.807, 2.05) is 6.92 Å². The predicted octanol–water partition coefficient (Wildman–Crippen LogP) is 6.21. The van der Waals surface area contributed by atoms with Crippen LogP contribution in [0.25, 0.3) is 0 Å². The van der Waals surface area contributed by atoms with Crippen LogP contribution < -0.4 is 4.90 Å². The third-order valence-electron chi connectivity index (χ3n) is 4.27. The molecule has 3 aromatic rings. The predicted molar refractivity (Wildman–Crippen MR) is 103 cm³/mol. The molecule has 0 spiro atoms. The van der Waals surface area contributed by atoms with Crippen molar-refractivity contribution in [3.05, 3.63) is 65.4 Å². The highest BCUT2D eigenvalue weighted by Crippen LogP contribution is 2.46. The Hall–Kier alpha value is -2.95. The van der Waals surface area contributed by atoms with Gasteiger partial charge in [0.05, 0.1) is 5.56 Å². The number of carbonyl (C=O) groups is 1. The van der Waals surface area contributed by atoms with Crippen LogP contribution in [0, 0.1) is 6.92 Å². The summed E-state index contributed by atoms with van der Waals surface area (Å²) in [5.41, 5.74) is -2.55. The normalized spacial score (nSPS) is 12.1. The lowest BCUT2D eigenvalue weighted by Crippen LogP contribution is -2.20. The van der Waals surface area contributed by atoms with Crippen molar-refractivity contribution < 1.29 is 31.1 Å². The number of nitrogens with zero attached hydrogens (tertiary/aromatic N) is 3. The average molecular weight is 459 g/mol. The molecule has 0 fully saturated rings. The lowest BCUT2D eigenvalue weighted by Gasteiger charge is -2.21. The Morgan fingerprint density at radius 3 is 2.19 bits per heavy atom. The first kappa shape index (κ1) is 22.7. The molecule has 1 heterocycles. The van der Waals surface area contributed by atoms with Crippen molar-refractivity contribution in [3.63, 3.8) is 0 Å². The molecule has 1 amide bonds. The number of benzene rings is 2. The van der Waals surface area contributed by atoms with Gasteiger partial charge in [0.2, 0.25) is 6.41 Å². The molecule has 0 N–H and O–H groups in total. The van der Waals surface area contributed by atoms with Gasteiger partial charge in [0.25, 0.3) is 0 Å². The molecule has 31 heavy (non-hydrogen) atoms. The molecule has 1 aromatic heterocycles. The molecule has 0 atom stereocenters. The van der Waals surface area contributed by atoms with Crippen LogP contribution in [0.3, 0.4) is 0 Å². The van der Waals surface area contributed by atoms with Crippen LogP contribution in [0.5, 0.6) is 0 Å². The number of aromatic nitrogens is 2. The Kier molecular flexibility index (Phi) is 6.08. The smallest absolute Gasteiger partial charge is 0.279 e. The zero-order valence-corrected chi connectivity index (χ0v) is 16.9. The fraction of sp³-hybridized carbons (Fsp3) is 0.200. The number of amides is 1. The molecule has 0 aliphatic carbocycles. The number of carbonyl (C=O) groups excluding carboxylic acids is 1. The molecule has 11 heteroatoms. The van der Waals surface area contributed by atoms with E-state index in [1.165, 1.54) is 7.05 Å². The SMILES string of the molecule is Cc1ccc(Sc2c(N(C=O)c3cccc(C(F)(F)F)c3)c(C(F)(F)F)nn2C)cc1. The van der Waals surface area contributed by atoms with Gasteiger partial charge < -0.3 is 0 Å². The van der Waals surface area contributed by atoms with E-state index >= 15 is 0 Å². The molecule has 164 valence electrons. The Morgan fingerprint density at radius 1 is 1.00 bits per heavy atom. The molecule has 0 saturated carbocycles. The Labute approximate surface area is 177 Å². The monoisotopic (exact) mass is 459 g/mol. The molecule has 0 bridgehead atoms. The van der Waals surface area contributed by atoms with Gasteiger partial charge >= 0.3 is 12.4 Å². The van der Waals surface area contributed by atoms with E-state index in [0.717, 1.165) is 40.2 Å². The van der Waals surface area contributed by atoms with E-state index < -0.39 is 29.3 Å². The zero-order valence-electron chi connectivity index (χ0n) is 16.1. The second kappa shape index (κ2) is 8.29. The first-order valence-electron chi connectivity index (χ1n) is 8.72. The largest absolute Gasteiger partial charge is 0.437 e. The highest BCUT2D eigenvalue weighted by molar-refractivity contribution is 7.99. The summed E-state index contributed by atoms with van der Waals surface area (Å²) in [6.07, 6.45) is -9.63. The van der Waals surface area contributed by atoms with Gasteiger partial charge in [-0.05, 0) is 37.3 Å². The maximum absolute atomic E-state index is 13.7. The Morgan fingerprint density at radius 2 is 1.65 bits per heavy atom. The molecular formula is C20H15F6N3OS. The minimum atomic E-state index is -4.94. The first-order valence-corrected chi connectivity index (χ1v) is 9.54. The average Bonchev–Trinajstić information content (AvgIpc) is 3.01. The van der Waals surface area contributed by atoms with Crippen molar-refractivity contribution >= 4 is 29.5 Å². The van der Waals surface area contributed by atoms with Gasteiger partial charge in [-0.15, -0.1) is 0 Å². The molecule has 2 aromatic carbocycles. The van der Waals surface area contributed by atoms with Crippen LogP contribution in [0.1, 0.15) is 16.8 Å². The van der Waals surface area contributed by atoms with Crippen LogP contribution in [-0.2, 0) is 24.2 Å². The van der Waals surface area contributed by atoms with Crippen LogP contribution in [0.2, 0.25) is 0 Å². The van der Waals surface area contributed by atoms with Gasteiger partial charge in [0.15, 0.2) is 5.69 Å². The van der Waals surface area contributed by atoms with Gasteiger partial charge in [-0.2, -0.15) is 31.4 Å². The minimum Gasteiger partial charge on any atom is -0.279 e. The molecular weight excluding hydrogens is 444 g/mol. The van der Waals surface area contributed by atoms with Gasteiger partial charge in [-0.3, -0.25) is 14.4 Å². The molecule has 3 rings (SSSR count). The van der Waals surface area contributed by atoms with E-state index in [9.17, 15) is 31.1 Å². The third-order valence-corrected chi connectivity index (χ3v) is 5.43. The van der Waals surface area contributed by atoms with Crippen molar-refractivity contribution in [1.29, 1.82) is 0 Å². The molecule has 0 aliphatic heterocycles. The van der Waals surface area contributed by atoms with Gasteiger partial charge in [-0.1, -0.05) is 35.5 Å². The van der Waals surface area contributed by atoms with Crippen LogP contribution >= 0.6 is 11.8 Å². The number of hydrogen-bond donors (Lipinski definition) is 0. The number of hydrogen-bond acceptors (Lipinski definition) is 3. The van der Waals surface area contributed by atoms with Crippen molar-refractivity contribution in [2.75, 3.05) is 4.90 Å². The number of halogens is 6. The van der Waals surface area contributed by atoms with Crippen LogP contribution in [-0.4, -0.2) is 16.2 Å². The number of alkyl halides is 6. The maximum atomic E-state index is 13.7. The molecule has 0 saturated heterocycles. The van der Waals surface area contributed by atoms with E-state index in [-0.39, 0.29) is 17.1 Å². The lowest BCUT2D eigenvalue weighted by molar-refractivity contribution is -0.141. The van der Waals surface area contributed by atoms with Crippen LogP contribution in [0.4, 0.5) is 37.7 Å². The summed E-state index contributed by atoms with van der Waals surface area (Å²) < 4.78 is 81.4. The van der Waals surface area contributed by atoms with Crippen molar-refractivity contribution in [2.45, 2.75) is 29.2 Å². The second-order valence-electron chi connectivity index (χ2n) is 6.56. The Balaban J connectivity index is 2.19. The van der Waals surface area contributed by atoms with Crippen molar-refractivity contribution in [3.8, 4) is 0 Å². The fourth-order valence-corrected chi connectivity index (χ4v) is 3.77.